The maximum Gasteiger partial charge on any atom is 0.126 e. The van der Waals surface area contributed by atoms with Gasteiger partial charge in [0.1, 0.15) is 11.6 Å². The predicted octanol–water partition coefficient (Wildman–Crippen LogP) is 5.61. The molecule has 6 heteroatoms. The molecule has 4 nitrogen and oxygen atoms in total. The van der Waals surface area contributed by atoms with Crippen LogP contribution in [0.1, 0.15) is 37.2 Å². The van der Waals surface area contributed by atoms with Crippen molar-refractivity contribution in [2.45, 2.75) is 38.8 Å². The Bertz CT molecular complexity index is 906. The number of phenolic OH excluding ortho intramolecular Hbond substituents is 1. The van der Waals surface area contributed by atoms with E-state index >= 15 is 0 Å². The lowest BCUT2D eigenvalue weighted by atomic mass is 10.1. The summed E-state index contributed by atoms with van der Waals surface area (Å²) in [5, 5.41) is 10.6. The molecule has 1 atom stereocenters. The Balaban J connectivity index is 1.92. The van der Waals surface area contributed by atoms with E-state index in [1.807, 2.05) is 30.5 Å². The minimum absolute atomic E-state index is 0.247. The summed E-state index contributed by atoms with van der Waals surface area (Å²) >= 11 is 12.4. The van der Waals surface area contributed by atoms with Crippen molar-refractivity contribution in [3.8, 4) is 17.0 Å². The summed E-state index contributed by atoms with van der Waals surface area (Å²) in [6, 6.07) is 12.3. The standard InChI is InChI=1S/C21H23Cl2N3O/c1-2-3-10-26-13-20(17-9-6-15(22)12-18(17)23)25-21(26)19(24)11-14-4-7-16(27)8-5-14/h4-9,12-13,19,27H,2-3,10-11,24H2,1H3/t19-/m0/s1. The van der Waals surface area contributed by atoms with Gasteiger partial charge >= 0.3 is 0 Å². The summed E-state index contributed by atoms with van der Waals surface area (Å²) in [5.41, 5.74) is 9.18. The van der Waals surface area contributed by atoms with Gasteiger partial charge in [0.15, 0.2) is 0 Å². The molecule has 2 aromatic carbocycles. The van der Waals surface area contributed by atoms with Gasteiger partial charge in [0.05, 0.1) is 16.8 Å². The molecule has 0 radical (unpaired) electrons. The van der Waals surface area contributed by atoms with Crippen LogP contribution in [-0.2, 0) is 13.0 Å². The molecule has 0 unspecified atom stereocenters. The number of nitrogens with two attached hydrogens (primary N) is 1. The molecule has 0 bridgehead atoms. The topological polar surface area (TPSA) is 64.1 Å². The number of aryl methyl sites for hydroxylation is 1. The molecular formula is C21H23Cl2N3O. The highest BCUT2D eigenvalue weighted by molar-refractivity contribution is 6.36. The maximum atomic E-state index is 9.45. The van der Waals surface area contributed by atoms with E-state index in [9.17, 15) is 5.11 Å². The molecule has 0 amide bonds. The Morgan fingerprint density at radius 3 is 2.56 bits per heavy atom. The maximum absolute atomic E-state index is 9.45. The van der Waals surface area contributed by atoms with Crippen molar-refractivity contribution in [2.75, 3.05) is 0 Å². The molecule has 1 aromatic heterocycles. The van der Waals surface area contributed by atoms with Crippen LogP contribution in [0.5, 0.6) is 5.75 Å². The van der Waals surface area contributed by atoms with Crippen LogP contribution in [0.2, 0.25) is 10.0 Å². The molecule has 3 rings (SSSR count). The lowest BCUT2D eigenvalue weighted by molar-refractivity contribution is 0.475. The zero-order chi connectivity index (χ0) is 19.4. The second-order valence-electron chi connectivity index (χ2n) is 6.63. The van der Waals surface area contributed by atoms with Crippen LogP contribution in [0, 0.1) is 0 Å². The molecule has 0 aliphatic heterocycles. The van der Waals surface area contributed by atoms with Crippen LogP contribution in [0.15, 0.2) is 48.7 Å². The van der Waals surface area contributed by atoms with Crippen LogP contribution in [0.25, 0.3) is 11.3 Å². The van der Waals surface area contributed by atoms with Gasteiger partial charge in [-0.3, -0.25) is 0 Å². The SMILES string of the molecule is CCCCn1cc(-c2ccc(Cl)cc2Cl)nc1[C@@H](N)Cc1ccc(O)cc1. The van der Waals surface area contributed by atoms with E-state index in [1.165, 1.54) is 0 Å². The van der Waals surface area contributed by atoms with E-state index in [0.29, 0.717) is 16.5 Å². The minimum Gasteiger partial charge on any atom is -0.508 e. The molecule has 1 heterocycles. The molecule has 0 saturated carbocycles. The monoisotopic (exact) mass is 403 g/mol. The fraction of sp³-hybridized carbons (Fsp3) is 0.286. The third-order valence-corrected chi connectivity index (χ3v) is 5.04. The van der Waals surface area contributed by atoms with Crippen molar-refractivity contribution in [2.24, 2.45) is 5.73 Å². The van der Waals surface area contributed by atoms with E-state index in [0.717, 1.165) is 42.0 Å². The average Bonchev–Trinajstić information content (AvgIpc) is 3.06. The average molecular weight is 404 g/mol. The van der Waals surface area contributed by atoms with E-state index in [2.05, 4.69) is 11.5 Å². The summed E-state index contributed by atoms with van der Waals surface area (Å²) in [4.78, 5) is 4.80. The zero-order valence-corrected chi connectivity index (χ0v) is 16.7. The Morgan fingerprint density at radius 1 is 1.15 bits per heavy atom. The predicted molar refractivity (Wildman–Crippen MR) is 111 cm³/mol. The Morgan fingerprint density at radius 2 is 1.89 bits per heavy atom. The molecule has 0 saturated heterocycles. The molecule has 0 spiro atoms. The van der Waals surface area contributed by atoms with Gasteiger partial charge in [-0.25, -0.2) is 4.98 Å². The number of phenols is 1. The van der Waals surface area contributed by atoms with Crippen molar-refractivity contribution in [1.82, 2.24) is 9.55 Å². The smallest absolute Gasteiger partial charge is 0.126 e. The number of hydrogen-bond donors (Lipinski definition) is 2. The number of imidazole rings is 1. The van der Waals surface area contributed by atoms with E-state index < -0.39 is 0 Å². The van der Waals surface area contributed by atoms with E-state index in [1.54, 1.807) is 18.2 Å². The van der Waals surface area contributed by atoms with Gasteiger partial charge in [-0.05, 0) is 48.7 Å². The highest BCUT2D eigenvalue weighted by Gasteiger charge is 2.18. The lowest BCUT2D eigenvalue weighted by Crippen LogP contribution is -2.19. The second-order valence-corrected chi connectivity index (χ2v) is 7.48. The summed E-state index contributed by atoms with van der Waals surface area (Å²) in [5.74, 6) is 1.08. The summed E-state index contributed by atoms with van der Waals surface area (Å²) in [6.45, 7) is 3.01. The number of unbranched alkanes of at least 4 members (excludes halogenated alkanes) is 1. The Kier molecular flexibility index (Phi) is 6.42. The number of rotatable bonds is 7. The normalized spacial score (nSPS) is 12.3. The first-order valence-corrected chi connectivity index (χ1v) is 9.79. The molecule has 142 valence electrons. The quantitative estimate of drug-likeness (QED) is 0.538. The molecule has 0 aliphatic rings. The van der Waals surface area contributed by atoms with Gasteiger partial charge in [0.25, 0.3) is 0 Å². The van der Waals surface area contributed by atoms with Crippen molar-refractivity contribution < 1.29 is 5.11 Å². The molecule has 0 fully saturated rings. The fourth-order valence-corrected chi connectivity index (χ4v) is 3.54. The molecule has 3 aromatic rings. The molecule has 27 heavy (non-hydrogen) atoms. The fourth-order valence-electron chi connectivity index (χ4n) is 3.04. The van der Waals surface area contributed by atoms with Crippen molar-refractivity contribution in [3.05, 3.63) is 70.1 Å². The number of aromatic nitrogens is 2. The zero-order valence-electron chi connectivity index (χ0n) is 15.2. The number of aromatic hydroxyl groups is 1. The van der Waals surface area contributed by atoms with Crippen molar-refractivity contribution in [3.63, 3.8) is 0 Å². The van der Waals surface area contributed by atoms with Gasteiger partial charge in [0, 0.05) is 23.3 Å². The largest absolute Gasteiger partial charge is 0.508 e. The van der Waals surface area contributed by atoms with Crippen LogP contribution < -0.4 is 5.73 Å². The minimum atomic E-state index is -0.258. The van der Waals surface area contributed by atoms with Gasteiger partial charge in [0.2, 0.25) is 0 Å². The van der Waals surface area contributed by atoms with Crippen LogP contribution >= 0.6 is 23.2 Å². The summed E-state index contributed by atoms with van der Waals surface area (Å²) in [7, 11) is 0. The Labute approximate surface area is 169 Å². The third-order valence-electron chi connectivity index (χ3n) is 4.49. The number of hydrogen-bond acceptors (Lipinski definition) is 3. The Hall–Kier alpha value is -2.01. The third kappa shape index (κ3) is 4.83. The summed E-state index contributed by atoms with van der Waals surface area (Å²) in [6.07, 6.45) is 4.78. The van der Waals surface area contributed by atoms with E-state index in [-0.39, 0.29) is 11.8 Å². The first-order chi connectivity index (χ1) is 13.0. The van der Waals surface area contributed by atoms with Gasteiger partial charge in [-0.2, -0.15) is 0 Å². The van der Waals surface area contributed by atoms with Crippen LogP contribution in [0.4, 0.5) is 0 Å². The van der Waals surface area contributed by atoms with Gasteiger partial charge in [-0.15, -0.1) is 0 Å². The number of nitrogens with zero attached hydrogens (tertiary/aromatic N) is 2. The second kappa shape index (κ2) is 8.79. The first kappa shape index (κ1) is 19.7. The highest BCUT2D eigenvalue weighted by atomic mass is 35.5. The molecule has 0 aliphatic carbocycles. The van der Waals surface area contributed by atoms with Crippen molar-refractivity contribution >= 4 is 23.2 Å². The van der Waals surface area contributed by atoms with Gasteiger partial charge < -0.3 is 15.4 Å². The van der Waals surface area contributed by atoms with Crippen molar-refractivity contribution in [1.29, 1.82) is 0 Å². The lowest BCUT2D eigenvalue weighted by Gasteiger charge is -2.14. The number of benzene rings is 2. The van der Waals surface area contributed by atoms with Crippen LogP contribution in [-0.4, -0.2) is 14.7 Å². The first-order valence-electron chi connectivity index (χ1n) is 9.04. The molecule has 3 N–H and O–H groups in total. The van der Waals surface area contributed by atoms with Gasteiger partial charge in [-0.1, -0.05) is 48.7 Å². The van der Waals surface area contributed by atoms with E-state index in [4.69, 9.17) is 33.9 Å². The highest BCUT2D eigenvalue weighted by Crippen LogP contribution is 2.31. The number of halogens is 2. The van der Waals surface area contributed by atoms with Crippen LogP contribution in [0.3, 0.4) is 0 Å². The molecular weight excluding hydrogens is 381 g/mol. The summed E-state index contributed by atoms with van der Waals surface area (Å²) < 4.78 is 2.12.